The van der Waals surface area contributed by atoms with E-state index in [1.54, 1.807) is 7.11 Å². The number of rotatable bonds is 2. The molecule has 0 N–H and O–H groups in total. The number of ether oxygens (including phenoxy) is 1. The van der Waals surface area contributed by atoms with Crippen LogP contribution in [0.1, 0.15) is 24.0 Å². The summed E-state index contributed by atoms with van der Waals surface area (Å²) in [5.74, 6) is 0. The van der Waals surface area contributed by atoms with E-state index in [0.717, 1.165) is 37.2 Å². The monoisotopic (exact) mass is 230 g/mol. The van der Waals surface area contributed by atoms with Crippen molar-refractivity contribution in [2.45, 2.75) is 25.9 Å². The van der Waals surface area contributed by atoms with Crippen molar-refractivity contribution in [1.29, 1.82) is 5.26 Å². The summed E-state index contributed by atoms with van der Waals surface area (Å²) >= 11 is 0. The minimum atomic E-state index is 0.288. The molecule has 0 saturated carbocycles. The number of hydrogen-bond acceptors (Lipinski definition) is 3. The maximum atomic E-state index is 9.16. The Balaban J connectivity index is 2.27. The Morgan fingerprint density at radius 2 is 2.29 bits per heavy atom. The molecule has 90 valence electrons. The predicted molar refractivity (Wildman–Crippen MR) is 68.1 cm³/mol. The fourth-order valence-electron chi connectivity index (χ4n) is 2.35. The number of nitrogens with zero attached hydrogens (tertiary/aromatic N) is 2. The highest BCUT2D eigenvalue weighted by Gasteiger charge is 2.21. The van der Waals surface area contributed by atoms with Gasteiger partial charge < -0.3 is 9.64 Å². The fourth-order valence-corrected chi connectivity index (χ4v) is 2.35. The first-order valence-corrected chi connectivity index (χ1v) is 6.03. The lowest BCUT2D eigenvalue weighted by Gasteiger charge is -2.34. The van der Waals surface area contributed by atoms with Gasteiger partial charge in [-0.25, -0.2) is 0 Å². The third-order valence-electron chi connectivity index (χ3n) is 3.33. The number of benzene rings is 1. The molecule has 1 unspecified atom stereocenters. The van der Waals surface area contributed by atoms with Gasteiger partial charge in [-0.2, -0.15) is 5.26 Å². The summed E-state index contributed by atoms with van der Waals surface area (Å²) in [5, 5.41) is 9.16. The second-order valence-electron chi connectivity index (χ2n) is 4.58. The van der Waals surface area contributed by atoms with Gasteiger partial charge in [0.25, 0.3) is 0 Å². The van der Waals surface area contributed by atoms with Gasteiger partial charge in [0.15, 0.2) is 0 Å². The highest BCUT2D eigenvalue weighted by atomic mass is 16.5. The smallest absolute Gasteiger partial charge is 0.101 e. The second-order valence-corrected chi connectivity index (χ2v) is 4.58. The van der Waals surface area contributed by atoms with Gasteiger partial charge in [-0.3, -0.25) is 0 Å². The van der Waals surface area contributed by atoms with Crippen molar-refractivity contribution in [1.82, 2.24) is 0 Å². The van der Waals surface area contributed by atoms with Gasteiger partial charge in [-0.15, -0.1) is 0 Å². The summed E-state index contributed by atoms with van der Waals surface area (Å²) < 4.78 is 5.42. The van der Waals surface area contributed by atoms with Crippen LogP contribution in [0.15, 0.2) is 18.2 Å². The van der Waals surface area contributed by atoms with E-state index >= 15 is 0 Å². The lowest BCUT2D eigenvalue weighted by atomic mass is 10.0. The van der Waals surface area contributed by atoms with Gasteiger partial charge in [-0.1, -0.05) is 6.07 Å². The molecular formula is C14H18N2O. The SMILES string of the molecule is COC1CCCN(c2cc(C)ccc2C#N)C1. The molecule has 1 fully saturated rings. The molecule has 3 heteroatoms. The van der Waals surface area contributed by atoms with Gasteiger partial charge in [0.2, 0.25) is 0 Å². The lowest BCUT2D eigenvalue weighted by molar-refractivity contribution is 0.0893. The molecule has 0 spiro atoms. The van der Waals surface area contributed by atoms with E-state index in [9.17, 15) is 0 Å². The maximum Gasteiger partial charge on any atom is 0.101 e. The molecule has 1 aliphatic heterocycles. The minimum absolute atomic E-state index is 0.288. The van der Waals surface area contributed by atoms with Crippen molar-refractivity contribution in [2.24, 2.45) is 0 Å². The zero-order valence-electron chi connectivity index (χ0n) is 10.4. The van der Waals surface area contributed by atoms with Crippen LogP contribution in [0.5, 0.6) is 0 Å². The quantitative estimate of drug-likeness (QED) is 0.783. The Hall–Kier alpha value is -1.53. The van der Waals surface area contributed by atoms with Crippen LogP contribution in [0.25, 0.3) is 0 Å². The first-order valence-electron chi connectivity index (χ1n) is 6.03. The third kappa shape index (κ3) is 2.59. The van der Waals surface area contributed by atoms with Crippen LogP contribution in [0.3, 0.4) is 0 Å². The highest BCUT2D eigenvalue weighted by molar-refractivity contribution is 5.61. The Kier molecular flexibility index (Phi) is 3.65. The standard InChI is InChI=1S/C14H18N2O/c1-11-5-6-12(9-15)14(8-11)16-7-3-4-13(10-16)17-2/h5-6,8,13H,3-4,7,10H2,1-2H3. The Bertz CT molecular complexity index is 436. The van der Waals surface area contributed by atoms with Gasteiger partial charge in [-0.05, 0) is 37.5 Å². The van der Waals surface area contributed by atoms with Gasteiger partial charge in [0.05, 0.1) is 17.4 Å². The first-order chi connectivity index (χ1) is 8.24. The summed E-state index contributed by atoms with van der Waals surface area (Å²) in [5.41, 5.74) is 3.00. The molecule has 1 aliphatic rings. The minimum Gasteiger partial charge on any atom is -0.380 e. The van der Waals surface area contributed by atoms with Crippen molar-refractivity contribution in [3.8, 4) is 6.07 Å². The van der Waals surface area contributed by atoms with Crippen molar-refractivity contribution in [2.75, 3.05) is 25.1 Å². The van der Waals surface area contributed by atoms with E-state index in [-0.39, 0.29) is 6.10 Å². The molecule has 0 aliphatic carbocycles. The lowest BCUT2D eigenvalue weighted by Crippen LogP contribution is -2.39. The van der Waals surface area contributed by atoms with E-state index in [0.29, 0.717) is 0 Å². The molecule has 1 aromatic rings. The zero-order valence-corrected chi connectivity index (χ0v) is 10.4. The van der Waals surface area contributed by atoms with Crippen molar-refractivity contribution in [3.63, 3.8) is 0 Å². The molecule has 1 aromatic carbocycles. The summed E-state index contributed by atoms with van der Waals surface area (Å²) in [6.07, 6.45) is 2.52. The van der Waals surface area contributed by atoms with E-state index in [2.05, 4.69) is 24.0 Å². The van der Waals surface area contributed by atoms with E-state index < -0.39 is 0 Å². The van der Waals surface area contributed by atoms with Crippen molar-refractivity contribution < 1.29 is 4.74 Å². The van der Waals surface area contributed by atoms with Crippen LogP contribution in [-0.2, 0) is 4.74 Å². The molecule has 1 atom stereocenters. The van der Waals surface area contributed by atoms with E-state index in [4.69, 9.17) is 10.00 Å². The first kappa shape index (κ1) is 11.9. The molecule has 2 rings (SSSR count). The number of aryl methyl sites for hydroxylation is 1. The topological polar surface area (TPSA) is 36.3 Å². The van der Waals surface area contributed by atoms with E-state index in [1.807, 2.05) is 12.1 Å². The summed E-state index contributed by atoms with van der Waals surface area (Å²) in [6.45, 7) is 3.95. The average Bonchev–Trinajstić information content (AvgIpc) is 2.39. The van der Waals surface area contributed by atoms with Crippen LogP contribution in [0.2, 0.25) is 0 Å². The predicted octanol–water partition coefficient (Wildman–Crippen LogP) is 2.48. The molecule has 0 bridgehead atoms. The largest absolute Gasteiger partial charge is 0.380 e. The molecule has 0 aromatic heterocycles. The van der Waals surface area contributed by atoms with Crippen molar-refractivity contribution >= 4 is 5.69 Å². The van der Waals surface area contributed by atoms with Crippen molar-refractivity contribution in [3.05, 3.63) is 29.3 Å². The molecule has 3 nitrogen and oxygen atoms in total. The Morgan fingerprint density at radius 3 is 3.00 bits per heavy atom. The summed E-state index contributed by atoms with van der Waals surface area (Å²) in [7, 11) is 1.76. The molecule has 1 saturated heterocycles. The number of nitriles is 1. The zero-order chi connectivity index (χ0) is 12.3. The van der Waals surface area contributed by atoms with Gasteiger partial charge >= 0.3 is 0 Å². The van der Waals surface area contributed by atoms with Gasteiger partial charge in [0.1, 0.15) is 6.07 Å². The number of anilines is 1. The van der Waals surface area contributed by atoms with Crippen LogP contribution in [0, 0.1) is 18.3 Å². The van der Waals surface area contributed by atoms with Crippen LogP contribution in [0.4, 0.5) is 5.69 Å². The van der Waals surface area contributed by atoms with Crippen LogP contribution in [-0.4, -0.2) is 26.3 Å². The molecule has 0 radical (unpaired) electrons. The fraction of sp³-hybridized carbons (Fsp3) is 0.500. The normalized spacial score (nSPS) is 20.1. The third-order valence-corrected chi connectivity index (χ3v) is 3.33. The maximum absolute atomic E-state index is 9.16. The van der Waals surface area contributed by atoms with Gasteiger partial charge in [0, 0.05) is 20.2 Å². The molecule has 0 amide bonds. The molecular weight excluding hydrogens is 212 g/mol. The summed E-state index contributed by atoms with van der Waals surface area (Å²) in [4.78, 5) is 2.27. The Morgan fingerprint density at radius 1 is 1.47 bits per heavy atom. The summed E-state index contributed by atoms with van der Waals surface area (Å²) in [6, 6.07) is 8.25. The average molecular weight is 230 g/mol. The number of methoxy groups -OCH3 is 1. The molecule has 1 heterocycles. The molecule has 17 heavy (non-hydrogen) atoms. The number of hydrogen-bond donors (Lipinski definition) is 0. The number of piperidine rings is 1. The highest BCUT2D eigenvalue weighted by Crippen LogP contribution is 2.25. The Labute approximate surface area is 103 Å². The second kappa shape index (κ2) is 5.20. The van der Waals surface area contributed by atoms with E-state index in [1.165, 1.54) is 5.56 Å². The van der Waals surface area contributed by atoms with Crippen LogP contribution >= 0.6 is 0 Å². The van der Waals surface area contributed by atoms with Crippen LogP contribution < -0.4 is 4.90 Å².